The minimum atomic E-state index is -0.782. The third-order valence-electron chi connectivity index (χ3n) is 5.87. The highest BCUT2D eigenvalue weighted by molar-refractivity contribution is 5.92. The van der Waals surface area contributed by atoms with Crippen molar-refractivity contribution in [3.8, 4) is 0 Å². The standard InChI is InChI=1S/C21H22F2N8/c1-9-16(26-8-15(27-9)21(2,3)25)10-4-11(5-10)18-29-19-13-6-12(22)7-14(23)17(13)28-20(24)31(19)30-18/h6-8,10-11H,4-5,25H2,1-3H3,(H2,24,28)/t10-,11+. The van der Waals surface area contributed by atoms with Gasteiger partial charge in [0.2, 0.25) is 5.95 Å². The Morgan fingerprint density at radius 2 is 1.84 bits per heavy atom. The van der Waals surface area contributed by atoms with Crippen LogP contribution in [0.3, 0.4) is 0 Å². The van der Waals surface area contributed by atoms with E-state index in [2.05, 4.69) is 25.0 Å². The van der Waals surface area contributed by atoms with Crippen LogP contribution in [0.15, 0.2) is 18.3 Å². The van der Waals surface area contributed by atoms with Crippen LogP contribution in [0.4, 0.5) is 14.7 Å². The van der Waals surface area contributed by atoms with Gasteiger partial charge in [-0.1, -0.05) is 0 Å². The van der Waals surface area contributed by atoms with E-state index in [1.807, 2.05) is 20.8 Å². The Morgan fingerprint density at radius 1 is 1.10 bits per heavy atom. The minimum Gasteiger partial charge on any atom is -0.368 e. The quantitative estimate of drug-likeness (QED) is 0.518. The van der Waals surface area contributed by atoms with Crippen LogP contribution >= 0.6 is 0 Å². The molecule has 0 bridgehead atoms. The van der Waals surface area contributed by atoms with E-state index in [-0.39, 0.29) is 28.7 Å². The maximum atomic E-state index is 14.1. The summed E-state index contributed by atoms with van der Waals surface area (Å²) in [6, 6.07) is 1.97. The van der Waals surface area contributed by atoms with Crippen LogP contribution in [0, 0.1) is 18.6 Å². The number of anilines is 1. The monoisotopic (exact) mass is 424 g/mol. The molecule has 3 heterocycles. The molecule has 0 unspecified atom stereocenters. The van der Waals surface area contributed by atoms with Gasteiger partial charge in [0.1, 0.15) is 11.3 Å². The van der Waals surface area contributed by atoms with Crippen molar-refractivity contribution >= 4 is 22.5 Å². The van der Waals surface area contributed by atoms with Gasteiger partial charge in [0.05, 0.1) is 34.2 Å². The molecule has 4 N–H and O–H groups in total. The number of nitrogens with zero attached hydrogens (tertiary/aromatic N) is 6. The first-order chi connectivity index (χ1) is 14.6. The summed E-state index contributed by atoms with van der Waals surface area (Å²) in [6.45, 7) is 5.73. The average Bonchev–Trinajstić information content (AvgIpc) is 3.08. The maximum absolute atomic E-state index is 14.1. The number of nitrogens with two attached hydrogens (primary N) is 2. The van der Waals surface area contributed by atoms with E-state index in [0.717, 1.165) is 36.0 Å². The molecule has 1 saturated carbocycles. The van der Waals surface area contributed by atoms with Gasteiger partial charge in [0.25, 0.3) is 0 Å². The molecule has 0 atom stereocenters. The maximum Gasteiger partial charge on any atom is 0.223 e. The molecule has 0 radical (unpaired) electrons. The van der Waals surface area contributed by atoms with Crippen LogP contribution in [0.2, 0.25) is 0 Å². The third-order valence-corrected chi connectivity index (χ3v) is 5.87. The number of halogens is 2. The summed E-state index contributed by atoms with van der Waals surface area (Å²) >= 11 is 0. The van der Waals surface area contributed by atoms with Crippen molar-refractivity contribution in [3.05, 3.63) is 52.9 Å². The topological polar surface area (TPSA) is 121 Å². The first-order valence-corrected chi connectivity index (χ1v) is 10.1. The van der Waals surface area contributed by atoms with Gasteiger partial charge < -0.3 is 11.5 Å². The average molecular weight is 424 g/mol. The van der Waals surface area contributed by atoms with E-state index >= 15 is 0 Å². The summed E-state index contributed by atoms with van der Waals surface area (Å²) in [5, 5.41) is 4.70. The molecule has 0 spiro atoms. The number of rotatable bonds is 3. The minimum absolute atomic E-state index is 0.00401. The summed E-state index contributed by atoms with van der Waals surface area (Å²) in [4.78, 5) is 17.8. The van der Waals surface area contributed by atoms with E-state index in [4.69, 9.17) is 11.5 Å². The Labute approximate surface area is 176 Å². The lowest BCUT2D eigenvalue weighted by molar-refractivity contribution is 0.329. The molecule has 1 aliphatic rings. The molecule has 31 heavy (non-hydrogen) atoms. The summed E-state index contributed by atoms with van der Waals surface area (Å²) in [7, 11) is 0. The Kier molecular flexibility index (Phi) is 4.20. The zero-order valence-corrected chi connectivity index (χ0v) is 17.4. The largest absolute Gasteiger partial charge is 0.368 e. The van der Waals surface area contributed by atoms with Gasteiger partial charge in [0.15, 0.2) is 17.3 Å². The fourth-order valence-corrected chi connectivity index (χ4v) is 4.10. The number of nitrogen functional groups attached to an aromatic ring is 1. The fourth-order valence-electron chi connectivity index (χ4n) is 4.10. The van der Waals surface area contributed by atoms with Crippen molar-refractivity contribution in [3.63, 3.8) is 0 Å². The predicted octanol–water partition coefficient (Wildman–Crippen LogP) is 3.09. The summed E-state index contributed by atoms with van der Waals surface area (Å²) in [5.74, 6) is -0.581. The first kappa shape index (κ1) is 19.7. The van der Waals surface area contributed by atoms with E-state index in [1.54, 1.807) is 6.20 Å². The number of aryl methyl sites for hydroxylation is 1. The third kappa shape index (κ3) is 3.18. The molecule has 8 nitrogen and oxygen atoms in total. The molecule has 3 aromatic heterocycles. The Bertz CT molecular complexity index is 1340. The summed E-state index contributed by atoms with van der Waals surface area (Å²) in [5.41, 5.74) is 14.4. The van der Waals surface area contributed by atoms with Crippen molar-refractivity contribution in [1.82, 2.24) is 29.5 Å². The number of benzene rings is 1. The van der Waals surface area contributed by atoms with Crippen LogP contribution in [-0.2, 0) is 5.54 Å². The number of fused-ring (bicyclic) bond motifs is 3. The van der Waals surface area contributed by atoms with Crippen molar-refractivity contribution < 1.29 is 8.78 Å². The van der Waals surface area contributed by atoms with Gasteiger partial charge in [0, 0.05) is 17.9 Å². The molecular formula is C21H22F2N8. The van der Waals surface area contributed by atoms with Crippen molar-refractivity contribution in [2.75, 3.05) is 5.73 Å². The molecule has 0 saturated heterocycles. The molecule has 0 amide bonds. The van der Waals surface area contributed by atoms with Gasteiger partial charge in [-0.3, -0.25) is 9.97 Å². The second-order valence-electron chi connectivity index (χ2n) is 8.77. The van der Waals surface area contributed by atoms with Crippen molar-refractivity contribution in [2.45, 2.75) is 51.0 Å². The molecule has 160 valence electrons. The van der Waals surface area contributed by atoms with Crippen LogP contribution in [0.1, 0.15) is 61.4 Å². The van der Waals surface area contributed by atoms with E-state index in [0.29, 0.717) is 11.5 Å². The zero-order valence-electron chi connectivity index (χ0n) is 17.4. The lowest BCUT2D eigenvalue weighted by Gasteiger charge is -2.33. The van der Waals surface area contributed by atoms with E-state index < -0.39 is 17.2 Å². The SMILES string of the molecule is Cc1nc(C(C)(C)N)cnc1[C@H]1C[C@@H](c2nc3c4cc(F)cc(F)c4nc(N)n3n2)C1. The van der Waals surface area contributed by atoms with Gasteiger partial charge >= 0.3 is 0 Å². The van der Waals surface area contributed by atoms with E-state index in [9.17, 15) is 8.78 Å². The molecule has 10 heteroatoms. The van der Waals surface area contributed by atoms with Crippen LogP contribution in [0.25, 0.3) is 16.6 Å². The van der Waals surface area contributed by atoms with Gasteiger partial charge in [-0.2, -0.15) is 4.52 Å². The van der Waals surface area contributed by atoms with Crippen LogP contribution in [0.5, 0.6) is 0 Å². The Hall–Kier alpha value is -3.27. The molecule has 1 aromatic carbocycles. The van der Waals surface area contributed by atoms with Crippen molar-refractivity contribution in [1.29, 1.82) is 0 Å². The second kappa shape index (κ2) is 6.61. The molecule has 4 aromatic rings. The van der Waals surface area contributed by atoms with Gasteiger partial charge in [-0.25, -0.2) is 18.7 Å². The molecule has 1 fully saturated rings. The highest BCUT2D eigenvalue weighted by Gasteiger charge is 2.37. The molecule has 0 aliphatic heterocycles. The highest BCUT2D eigenvalue weighted by atomic mass is 19.1. The van der Waals surface area contributed by atoms with Crippen LogP contribution < -0.4 is 11.5 Å². The Balaban J connectivity index is 1.45. The number of hydrogen-bond acceptors (Lipinski definition) is 7. The number of hydrogen-bond donors (Lipinski definition) is 2. The lowest BCUT2D eigenvalue weighted by Crippen LogP contribution is -2.31. The van der Waals surface area contributed by atoms with E-state index in [1.165, 1.54) is 10.6 Å². The first-order valence-electron chi connectivity index (χ1n) is 10.1. The van der Waals surface area contributed by atoms with Crippen LogP contribution in [-0.4, -0.2) is 29.5 Å². The molecule has 5 rings (SSSR count). The predicted molar refractivity (Wildman–Crippen MR) is 111 cm³/mol. The lowest BCUT2D eigenvalue weighted by atomic mass is 9.72. The highest BCUT2D eigenvalue weighted by Crippen LogP contribution is 2.47. The Morgan fingerprint density at radius 3 is 2.52 bits per heavy atom. The smallest absolute Gasteiger partial charge is 0.223 e. The summed E-state index contributed by atoms with van der Waals surface area (Å²) < 4.78 is 29.3. The summed E-state index contributed by atoms with van der Waals surface area (Å²) in [6.07, 6.45) is 3.33. The van der Waals surface area contributed by atoms with Gasteiger partial charge in [-0.05, 0) is 39.7 Å². The van der Waals surface area contributed by atoms with Gasteiger partial charge in [-0.15, -0.1) is 5.10 Å². The normalized spacial score (nSPS) is 19.2. The molecule has 1 aliphatic carbocycles. The zero-order chi connectivity index (χ0) is 22.1. The number of aromatic nitrogens is 6. The molecular weight excluding hydrogens is 402 g/mol. The second-order valence-corrected chi connectivity index (χ2v) is 8.77. The fraction of sp³-hybridized carbons (Fsp3) is 0.381. The van der Waals surface area contributed by atoms with Crippen molar-refractivity contribution in [2.24, 2.45) is 5.73 Å².